The highest BCUT2D eigenvalue weighted by atomic mass is 31.2. The Morgan fingerprint density at radius 1 is 0.604 bits per heavy atom. The number of esters is 2. The number of likely N-dealkylation sites (N-methyl/N-ethyl adjacent to an activating group) is 1. The van der Waals surface area contributed by atoms with E-state index in [0.717, 1.165) is 83.5 Å². The molecule has 0 aromatic rings. The molecule has 0 aliphatic rings. The predicted molar refractivity (Wildman–Crippen MR) is 217 cm³/mol. The molecule has 0 aromatic carbocycles. The van der Waals surface area contributed by atoms with E-state index >= 15 is 0 Å². The quantitative estimate of drug-likeness (QED) is 0.0204. The molecule has 0 heterocycles. The third-order valence-electron chi connectivity index (χ3n) is 8.30. The molecule has 2 atom stereocenters. The van der Waals surface area contributed by atoms with Gasteiger partial charge in [-0.05, 0) is 57.8 Å². The fourth-order valence-electron chi connectivity index (χ4n) is 5.09. The van der Waals surface area contributed by atoms with Crippen LogP contribution in [0.1, 0.15) is 149 Å². The molecule has 0 fully saturated rings. The first-order valence-electron chi connectivity index (χ1n) is 20.5. The van der Waals surface area contributed by atoms with Crippen molar-refractivity contribution < 1.29 is 42.1 Å². The monoisotopic (exact) mass is 766 g/mol. The second-order valence-electron chi connectivity index (χ2n) is 14.6. The molecular weight excluding hydrogens is 689 g/mol. The number of hydrogen-bond acceptors (Lipinski definition) is 8. The number of ether oxygens (including phenoxy) is 2. The zero-order valence-electron chi connectivity index (χ0n) is 34.2. The lowest BCUT2D eigenvalue weighted by molar-refractivity contribution is -0.870. The summed E-state index contributed by atoms with van der Waals surface area (Å²) < 4.78 is 33.7. The Hall–Kier alpha value is -2.29. The molecule has 0 radical (unpaired) electrons. The molecule has 306 valence electrons. The van der Waals surface area contributed by atoms with Crippen LogP contribution >= 0.6 is 7.82 Å². The van der Waals surface area contributed by atoms with Gasteiger partial charge in [0, 0.05) is 12.8 Å². The number of allylic oxidation sites excluding steroid dienone is 10. The van der Waals surface area contributed by atoms with Crippen LogP contribution in [0.4, 0.5) is 0 Å². The molecule has 0 bridgehead atoms. The van der Waals surface area contributed by atoms with Crippen molar-refractivity contribution in [2.24, 2.45) is 0 Å². The Kier molecular flexibility index (Phi) is 33.9. The minimum atomic E-state index is -4.62. The van der Waals surface area contributed by atoms with Crippen LogP contribution in [0.2, 0.25) is 0 Å². The highest BCUT2D eigenvalue weighted by molar-refractivity contribution is 7.45. The minimum Gasteiger partial charge on any atom is -0.756 e. The first-order chi connectivity index (χ1) is 25.5. The number of hydrogen-bond donors (Lipinski definition) is 0. The van der Waals surface area contributed by atoms with Crippen molar-refractivity contribution in [2.75, 3.05) is 47.5 Å². The van der Waals surface area contributed by atoms with E-state index < -0.39 is 32.5 Å². The van der Waals surface area contributed by atoms with Crippen LogP contribution in [0.25, 0.3) is 0 Å². The minimum absolute atomic E-state index is 0.0371. The number of quaternary nitrogens is 1. The average Bonchev–Trinajstić information content (AvgIpc) is 3.10. The number of nitrogens with zero attached hydrogens (tertiary/aromatic N) is 1. The van der Waals surface area contributed by atoms with Crippen molar-refractivity contribution in [1.82, 2.24) is 0 Å². The molecule has 0 aromatic heterocycles. The van der Waals surface area contributed by atoms with E-state index in [0.29, 0.717) is 17.4 Å². The van der Waals surface area contributed by atoms with Crippen molar-refractivity contribution >= 4 is 19.8 Å². The summed E-state index contributed by atoms with van der Waals surface area (Å²) in [5.74, 6) is -0.866. The number of carbonyl (C=O) groups is 2. The third-order valence-corrected chi connectivity index (χ3v) is 9.27. The second-order valence-corrected chi connectivity index (χ2v) is 16.0. The normalized spacial score (nSPS) is 14.3. The SMILES string of the molecule is CC/C=C\C/C=C\C/C=C\C/C=C\C/C=C\CCCCCCCC(=O)OC(COC(=O)CCCCCCCCCC)COP(=O)([O-])OCC[N+](C)(C)C. The van der Waals surface area contributed by atoms with Crippen molar-refractivity contribution in [3.63, 3.8) is 0 Å². The maximum Gasteiger partial charge on any atom is 0.306 e. The highest BCUT2D eigenvalue weighted by Crippen LogP contribution is 2.38. The average molecular weight is 766 g/mol. The topological polar surface area (TPSA) is 111 Å². The number of rotatable bonds is 36. The van der Waals surface area contributed by atoms with Crippen LogP contribution in [0.3, 0.4) is 0 Å². The van der Waals surface area contributed by atoms with Crippen molar-refractivity contribution in [3.8, 4) is 0 Å². The Morgan fingerprint density at radius 3 is 1.60 bits per heavy atom. The predicted octanol–water partition coefficient (Wildman–Crippen LogP) is 10.7. The fourth-order valence-corrected chi connectivity index (χ4v) is 5.82. The summed E-state index contributed by atoms with van der Waals surface area (Å²) in [5.41, 5.74) is 0. The summed E-state index contributed by atoms with van der Waals surface area (Å²) in [6, 6.07) is 0. The molecule has 0 aliphatic heterocycles. The summed E-state index contributed by atoms with van der Waals surface area (Å²) in [5, 5.41) is 0. The standard InChI is InChI=1S/C43H76NO8P/c1-6-8-10-12-14-16-17-18-19-20-21-22-23-24-25-26-27-28-30-32-34-36-43(46)52-41(40-51-53(47,48)50-38-37-44(3,4)5)39-49-42(45)35-33-31-29-15-13-11-9-7-2/h8,10,14,16,18-19,21-22,24-25,41H,6-7,9,11-13,15,17,20,23,26-40H2,1-5H3/b10-8-,16-14-,19-18-,22-21-,25-24-. The van der Waals surface area contributed by atoms with Gasteiger partial charge >= 0.3 is 11.9 Å². The van der Waals surface area contributed by atoms with Gasteiger partial charge in [-0.3, -0.25) is 14.2 Å². The van der Waals surface area contributed by atoms with Crippen molar-refractivity contribution in [1.29, 1.82) is 0 Å². The third kappa shape index (κ3) is 39.2. The molecular formula is C43H76NO8P. The largest absolute Gasteiger partial charge is 0.756 e. The Balaban J connectivity index is 4.37. The lowest BCUT2D eigenvalue weighted by Gasteiger charge is -2.28. The van der Waals surface area contributed by atoms with Gasteiger partial charge < -0.3 is 27.9 Å². The van der Waals surface area contributed by atoms with Gasteiger partial charge in [-0.1, -0.05) is 139 Å². The fraction of sp³-hybridized carbons (Fsp3) is 0.721. The molecule has 0 saturated heterocycles. The molecule has 0 amide bonds. The molecule has 0 spiro atoms. The van der Waals surface area contributed by atoms with E-state index in [1.165, 1.54) is 32.1 Å². The van der Waals surface area contributed by atoms with E-state index in [-0.39, 0.29) is 26.1 Å². The van der Waals surface area contributed by atoms with Crippen LogP contribution in [0.15, 0.2) is 60.8 Å². The summed E-state index contributed by atoms with van der Waals surface area (Å²) in [4.78, 5) is 37.3. The maximum atomic E-state index is 12.6. The zero-order chi connectivity index (χ0) is 39.3. The van der Waals surface area contributed by atoms with Gasteiger partial charge in [0.2, 0.25) is 0 Å². The summed E-state index contributed by atoms with van der Waals surface area (Å²) in [7, 11) is 1.14. The van der Waals surface area contributed by atoms with Crippen molar-refractivity contribution in [2.45, 2.75) is 155 Å². The molecule has 0 rings (SSSR count). The van der Waals surface area contributed by atoms with Gasteiger partial charge in [0.1, 0.15) is 19.8 Å². The van der Waals surface area contributed by atoms with E-state index in [1.807, 2.05) is 21.1 Å². The van der Waals surface area contributed by atoms with Crippen LogP contribution in [0.5, 0.6) is 0 Å². The lowest BCUT2D eigenvalue weighted by atomic mass is 10.1. The Bertz CT molecular complexity index is 1090. The number of phosphoric acid groups is 1. The Morgan fingerprint density at radius 2 is 1.08 bits per heavy atom. The second kappa shape index (κ2) is 35.4. The molecule has 9 nitrogen and oxygen atoms in total. The van der Waals surface area contributed by atoms with Crippen LogP contribution < -0.4 is 4.89 Å². The van der Waals surface area contributed by atoms with Gasteiger partial charge in [-0.15, -0.1) is 0 Å². The molecule has 0 aliphatic carbocycles. The van der Waals surface area contributed by atoms with Gasteiger partial charge in [-0.2, -0.15) is 0 Å². The van der Waals surface area contributed by atoms with Gasteiger partial charge in [0.25, 0.3) is 7.82 Å². The van der Waals surface area contributed by atoms with Crippen LogP contribution in [-0.4, -0.2) is 70.0 Å². The first kappa shape index (κ1) is 50.7. The molecule has 0 N–H and O–H groups in total. The van der Waals surface area contributed by atoms with E-state index in [2.05, 4.69) is 74.6 Å². The number of carbonyl (C=O) groups excluding carboxylic acids is 2. The molecule has 10 heteroatoms. The first-order valence-corrected chi connectivity index (χ1v) is 22.0. The molecule has 53 heavy (non-hydrogen) atoms. The van der Waals surface area contributed by atoms with Crippen molar-refractivity contribution in [3.05, 3.63) is 60.8 Å². The lowest BCUT2D eigenvalue weighted by Crippen LogP contribution is -2.37. The van der Waals surface area contributed by atoms with Gasteiger partial charge in [0.05, 0.1) is 27.7 Å². The number of phosphoric ester groups is 1. The number of unbranched alkanes of at least 4 members (excludes halogenated alkanes) is 12. The van der Waals surface area contributed by atoms with Crippen LogP contribution in [0, 0.1) is 0 Å². The van der Waals surface area contributed by atoms with Gasteiger partial charge in [0.15, 0.2) is 6.10 Å². The van der Waals surface area contributed by atoms with E-state index in [9.17, 15) is 19.0 Å². The smallest absolute Gasteiger partial charge is 0.306 e. The van der Waals surface area contributed by atoms with E-state index in [1.54, 1.807) is 0 Å². The van der Waals surface area contributed by atoms with E-state index in [4.69, 9.17) is 18.5 Å². The highest BCUT2D eigenvalue weighted by Gasteiger charge is 2.21. The molecule has 0 saturated carbocycles. The zero-order valence-corrected chi connectivity index (χ0v) is 35.1. The summed E-state index contributed by atoms with van der Waals surface area (Å²) >= 11 is 0. The summed E-state index contributed by atoms with van der Waals surface area (Å²) in [6.07, 6.45) is 41.2. The Labute approximate surface area is 324 Å². The molecule has 2 unspecified atom stereocenters. The maximum absolute atomic E-state index is 12.6. The van der Waals surface area contributed by atoms with Gasteiger partial charge in [-0.25, -0.2) is 0 Å². The van der Waals surface area contributed by atoms with Crippen LogP contribution in [-0.2, 0) is 32.7 Å². The summed E-state index contributed by atoms with van der Waals surface area (Å²) in [6.45, 7) is 4.03.